The van der Waals surface area contributed by atoms with Gasteiger partial charge in [-0.05, 0) is 18.6 Å². The number of hydrogen-bond acceptors (Lipinski definition) is 1. The summed E-state index contributed by atoms with van der Waals surface area (Å²) in [6.07, 6.45) is 0. The predicted molar refractivity (Wildman–Crippen MR) is 47.9 cm³/mol. The van der Waals surface area contributed by atoms with E-state index in [9.17, 15) is 5.11 Å². The highest BCUT2D eigenvalue weighted by Crippen LogP contribution is 2.38. The van der Waals surface area contributed by atoms with E-state index >= 15 is 0 Å². The van der Waals surface area contributed by atoms with E-state index < -0.39 is 0 Å². The lowest BCUT2D eigenvalue weighted by Crippen LogP contribution is -1.78. The minimum atomic E-state index is -0.0129. The van der Waals surface area contributed by atoms with Gasteiger partial charge in [0.15, 0.2) is 0 Å². The van der Waals surface area contributed by atoms with Gasteiger partial charge >= 0.3 is 0 Å². The van der Waals surface area contributed by atoms with Crippen LogP contribution >= 0.6 is 34.8 Å². The SMILES string of the molecule is Cc1cc(Cl)c(Cl)c(Cl)c1O. The normalized spacial score (nSPS) is 10.2. The number of aromatic hydroxyl groups is 1. The van der Waals surface area contributed by atoms with E-state index in [0.29, 0.717) is 10.6 Å². The largest absolute Gasteiger partial charge is 0.506 e. The Balaban J connectivity index is 3.46. The molecule has 0 aliphatic heterocycles. The number of phenols is 1. The number of halogens is 3. The summed E-state index contributed by atoms with van der Waals surface area (Å²) in [7, 11) is 0. The van der Waals surface area contributed by atoms with Crippen molar-refractivity contribution >= 4 is 34.8 Å². The van der Waals surface area contributed by atoms with Crippen molar-refractivity contribution in [1.82, 2.24) is 0 Å². The molecular weight excluding hydrogens is 206 g/mol. The van der Waals surface area contributed by atoms with E-state index in [0.717, 1.165) is 0 Å². The third-order valence-electron chi connectivity index (χ3n) is 1.33. The Bertz CT molecular complexity index is 270. The summed E-state index contributed by atoms with van der Waals surface area (Å²) in [5, 5.41) is 9.89. The quantitative estimate of drug-likeness (QED) is 0.649. The second kappa shape index (κ2) is 3.10. The molecule has 0 spiro atoms. The monoisotopic (exact) mass is 210 g/mol. The molecule has 0 atom stereocenters. The smallest absolute Gasteiger partial charge is 0.138 e. The van der Waals surface area contributed by atoms with Gasteiger partial charge in [-0.1, -0.05) is 34.8 Å². The van der Waals surface area contributed by atoms with Crippen LogP contribution in [-0.2, 0) is 0 Å². The van der Waals surface area contributed by atoms with Gasteiger partial charge < -0.3 is 5.11 Å². The molecule has 0 fully saturated rings. The zero-order valence-electron chi connectivity index (χ0n) is 5.66. The maximum absolute atomic E-state index is 9.24. The zero-order chi connectivity index (χ0) is 8.59. The summed E-state index contributed by atoms with van der Waals surface area (Å²) in [6, 6.07) is 1.56. The predicted octanol–water partition coefficient (Wildman–Crippen LogP) is 3.66. The molecule has 11 heavy (non-hydrogen) atoms. The van der Waals surface area contributed by atoms with Crippen LogP contribution in [0.25, 0.3) is 0 Å². The fourth-order valence-corrected chi connectivity index (χ4v) is 1.41. The van der Waals surface area contributed by atoms with Gasteiger partial charge in [0.2, 0.25) is 0 Å². The molecule has 1 rings (SSSR count). The lowest BCUT2D eigenvalue weighted by molar-refractivity contribution is 0.471. The number of phenolic OH excluding ortho intramolecular Hbond substituents is 1. The Hall–Kier alpha value is -0.110. The summed E-state index contributed by atoms with van der Waals surface area (Å²) < 4.78 is 0. The zero-order valence-corrected chi connectivity index (χ0v) is 7.93. The Morgan fingerprint density at radius 1 is 1.18 bits per heavy atom. The molecule has 4 heteroatoms. The van der Waals surface area contributed by atoms with Crippen molar-refractivity contribution in [3.05, 3.63) is 26.7 Å². The van der Waals surface area contributed by atoms with Crippen molar-refractivity contribution in [2.45, 2.75) is 6.92 Å². The molecule has 0 unspecified atom stereocenters. The number of aryl methyl sites for hydroxylation is 1. The van der Waals surface area contributed by atoms with Crippen LogP contribution in [0, 0.1) is 6.92 Å². The summed E-state index contributed by atoms with van der Waals surface area (Å²) in [5.74, 6) is -0.0129. The minimum Gasteiger partial charge on any atom is -0.506 e. The van der Waals surface area contributed by atoms with Gasteiger partial charge in [0.05, 0.1) is 10.0 Å². The van der Waals surface area contributed by atoms with Gasteiger partial charge in [-0.2, -0.15) is 0 Å². The second-order valence-corrected chi connectivity index (χ2v) is 3.31. The average molecular weight is 211 g/mol. The first kappa shape index (κ1) is 8.98. The van der Waals surface area contributed by atoms with Gasteiger partial charge in [0.1, 0.15) is 10.8 Å². The van der Waals surface area contributed by atoms with Crippen molar-refractivity contribution in [3.63, 3.8) is 0 Å². The Morgan fingerprint density at radius 3 is 2.27 bits per heavy atom. The Morgan fingerprint density at radius 2 is 1.73 bits per heavy atom. The molecule has 0 heterocycles. The number of benzene rings is 1. The van der Waals surface area contributed by atoms with Crippen LogP contribution in [0.3, 0.4) is 0 Å². The van der Waals surface area contributed by atoms with Crippen molar-refractivity contribution in [3.8, 4) is 5.75 Å². The Labute approximate surface area is 79.5 Å². The lowest BCUT2D eigenvalue weighted by Gasteiger charge is -2.04. The van der Waals surface area contributed by atoms with Crippen LogP contribution in [0.1, 0.15) is 5.56 Å². The first-order valence-electron chi connectivity index (χ1n) is 2.87. The molecule has 0 aromatic heterocycles. The maximum atomic E-state index is 9.24. The molecule has 0 saturated heterocycles. The number of rotatable bonds is 0. The summed E-state index contributed by atoms with van der Waals surface area (Å²) in [5.41, 5.74) is 0.615. The summed E-state index contributed by atoms with van der Waals surface area (Å²) in [6.45, 7) is 1.70. The van der Waals surface area contributed by atoms with Crippen molar-refractivity contribution in [2.75, 3.05) is 0 Å². The van der Waals surface area contributed by atoms with Crippen LogP contribution < -0.4 is 0 Å². The highest BCUT2D eigenvalue weighted by atomic mass is 35.5. The molecule has 0 saturated carbocycles. The molecule has 1 aromatic carbocycles. The fourth-order valence-electron chi connectivity index (χ4n) is 0.704. The fraction of sp³-hybridized carbons (Fsp3) is 0.143. The summed E-state index contributed by atoms with van der Waals surface area (Å²) >= 11 is 16.9. The van der Waals surface area contributed by atoms with Crippen molar-refractivity contribution in [1.29, 1.82) is 0 Å². The third kappa shape index (κ3) is 1.56. The number of hydrogen-bond donors (Lipinski definition) is 1. The molecule has 0 aliphatic rings. The topological polar surface area (TPSA) is 20.2 Å². The summed E-state index contributed by atoms with van der Waals surface area (Å²) in [4.78, 5) is 0. The van der Waals surface area contributed by atoms with Crippen LogP contribution in [0.4, 0.5) is 0 Å². The minimum absolute atomic E-state index is 0.0129. The molecule has 1 aromatic rings. The van der Waals surface area contributed by atoms with Crippen LogP contribution in [0.2, 0.25) is 15.1 Å². The van der Waals surface area contributed by atoms with E-state index in [-0.39, 0.29) is 15.8 Å². The highest BCUT2D eigenvalue weighted by Gasteiger charge is 2.10. The Kier molecular flexibility index (Phi) is 2.53. The van der Waals surface area contributed by atoms with E-state index in [4.69, 9.17) is 34.8 Å². The highest BCUT2D eigenvalue weighted by molar-refractivity contribution is 6.48. The van der Waals surface area contributed by atoms with Gasteiger partial charge in [-0.3, -0.25) is 0 Å². The van der Waals surface area contributed by atoms with Gasteiger partial charge in [0.25, 0.3) is 0 Å². The van der Waals surface area contributed by atoms with Crippen LogP contribution in [-0.4, -0.2) is 5.11 Å². The van der Waals surface area contributed by atoms with Crippen LogP contribution in [0.15, 0.2) is 6.07 Å². The van der Waals surface area contributed by atoms with Gasteiger partial charge in [-0.15, -0.1) is 0 Å². The second-order valence-electron chi connectivity index (χ2n) is 2.15. The molecule has 0 radical (unpaired) electrons. The van der Waals surface area contributed by atoms with E-state index in [1.54, 1.807) is 13.0 Å². The molecule has 0 bridgehead atoms. The third-order valence-corrected chi connectivity index (χ3v) is 2.58. The molecule has 1 N–H and O–H groups in total. The first-order valence-corrected chi connectivity index (χ1v) is 4.00. The lowest BCUT2D eigenvalue weighted by atomic mass is 10.2. The van der Waals surface area contributed by atoms with Crippen LogP contribution in [0.5, 0.6) is 5.75 Å². The van der Waals surface area contributed by atoms with Gasteiger partial charge in [-0.25, -0.2) is 0 Å². The van der Waals surface area contributed by atoms with Crippen molar-refractivity contribution < 1.29 is 5.11 Å². The molecule has 60 valence electrons. The van der Waals surface area contributed by atoms with E-state index in [1.165, 1.54) is 0 Å². The average Bonchev–Trinajstić information content (AvgIpc) is 1.97. The van der Waals surface area contributed by atoms with E-state index in [2.05, 4.69) is 0 Å². The molecule has 0 aliphatic carbocycles. The molecule has 0 amide bonds. The maximum Gasteiger partial charge on any atom is 0.138 e. The van der Waals surface area contributed by atoms with Gasteiger partial charge in [0, 0.05) is 0 Å². The van der Waals surface area contributed by atoms with Crippen molar-refractivity contribution in [2.24, 2.45) is 0 Å². The molecular formula is C7H5Cl3O. The van der Waals surface area contributed by atoms with E-state index in [1.807, 2.05) is 0 Å². The molecule has 1 nitrogen and oxygen atoms in total. The first-order chi connectivity index (χ1) is 5.04. The standard InChI is InChI=1S/C7H5Cl3O/c1-3-2-4(8)5(9)6(10)7(3)11/h2,11H,1H3.